The van der Waals surface area contributed by atoms with Gasteiger partial charge in [0.05, 0.1) is 5.88 Å². The van der Waals surface area contributed by atoms with E-state index < -0.39 is 17.9 Å². The maximum absolute atomic E-state index is 12.3. The molecule has 2 atom stereocenters. The normalized spacial score (nSPS) is 19.0. The molecule has 0 radical (unpaired) electrons. The first-order chi connectivity index (χ1) is 10.5. The highest BCUT2D eigenvalue weighted by atomic mass is 32.2. The highest BCUT2D eigenvalue weighted by Gasteiger charge is 2.36. The maximum Gasteiger partial charge on any atom is 0.327 e. The van der Waals surface area contributed by atoms with Gasteiger partial charge >= 0.3 is 5.97 Å². The Kier molecular flexibility index (Phi) is 5.90. The first-order valence-corrected chi connectivity index (χ1v) is 8.98. The Labute approximate surface area is 137 Å². The second-order valence-electron chi connectivity index (χ2n) is 5.03. The Morgan fingerprint density at radius 3 is 2.68 bits per heavy atom. The van der Waals surface area contributed by atoms with Gasteiger partial charge in [0, 0.05) is 23.0 Å². The second-order valence-corrected chi connectivity index (χ2v) is 7.02. The molecule has 1 heterocycles. The van der Waals surface area contributed by atoms with Crippen LogP contribution in [0.25, 0.3) is 0 Å². The Hall–Kier alpha value is -1.47. The number of thioether (sulfide) groups is 2. The molecule has 2 rings (SSSR count). The van der Waals surface area contributed by atoms with Gasteiger partial charge in [-0.15, -0.1) is 11.8 Å². The molecular weight excluding hydrogens is 322 g/mol. The van der Waals surface area contributed by atoms with Crippen molar-refractivity contribution in [1.29, 1.82) is 0 Å². The Morgan fingerprint density at radius 1 is 1.36 bits per heavy atom. The van der Waals surface area contributed by atoms with E-state index in [-0.39, 0.29) is 11.0 Å². The van der Waals surface area contributed by atoms with E-state index in [0.29, 0.717) is 22.9 Å². The second kappa shape index (κ2) is 7.69. The summed E-state index contributed by atoms with van der Waals surface area (Å²) in [5.74, 6) is -0.399. The Bertz CT molecular complexity index is 564. The van der Waals surface area contributed by atoms with Crippen molar-refractivity contribution in [3.63, 3.8) is 0 Å². The molecule has 0 unspecified atom stereocenters. The van der Waals surface area contributed by atoms with Crippen molar-refractivity contribution in [1.82, 2.24) is 4.90 Å². The van der Waals surface area contributed by atoms with E-state index in [4.69, 9.17) is 5.11 Å². The molecule has 0 saturated carbocycles. The molecule has 1 aromatic carbocycles. The molecule has 1 aliphatic rings. The molecule has 1 fully saturated rings. The van der Waals surface area contributed by atoms with Crippen LogP contribution in [0.5, 0.6) is 0 Å². The number of carbonyl (C=O) groups excluding carboxylic acids is 2. The van der Waals surface area contributed by atoms with Crippen molar-refractivity contribution >= 4 is 40.5 Å². The number of aliphatic carboxylic acids is 1. The van der Waals surface area contributed by atoms with Gasteiger partial charge in [-0.3, -0.25) is 9.59 Å². The maximum atomic E-state index is 12.3. The molecular formula is C15H17NO4S2. The van der Waals surface area contributed by atoms with Gasteiger partial charge in [-0.25, -0.2) is 4.79 Å². The lowest BCUT2D eigenvalue weighted by Crippen LogP contribution is -2.44. The summed E-state index contributed by atoms with van der Waals surface area (Å²) in [6, 6.07) is 8.14. The monoisotopic (exact) mass is 339 g/mol. The number of nitrogens with zero attached hydrogens (tertiary/aromatic N) is 1. The summed E-state index contributed by atoms with van der Waals surface area (Å²) in [7, 11) is 0. The fourth-order valence-electron chi connectivity index (χ4n) is 2.08. The Balaban J connectivity index is 1.89. The lowest BCUT2D eigenvalue weighted by molar-refractivity contribution is -0.148. The molecule has 22 heavy (non-hydrogen) atoms. The van der Waals surface area contributed by atoms with Crippen LogP contribution < -0.4 is 0 Å². The molecule has 1 amide bonds. The van der Waals surface area contributed by atoms with Crippen LogP contribution in [0.15, 0.2) is 30.3 Å². The van der Waals surface area contributed by atoms with Crippen LogP contribution in [-0.4, -0.2) is 50.4 Å². The highest BCUT2D eigenvalue weighted by molar-refractivity contribution is 8.14. The van der Waals surface area contributed by atoms with E-state index in [9.17, 15) is 14.4 Å². The predicted molar refractivity (Wildman–Crippen MR) is 88.0 cm³/mol. The average Bonchev–Trinajstić information content (AvgIpc) is 3.02. The number of carbonyl (C=O) groups is 3. The van der Waals surface area contributed by atoms with Gasteiger partial charge < -0.3 is 10.0 Å². The van der Waals surface area contributed by atoms with Gasteiger partial charge in [-0.05, 0) is 0 Å². The molecule has 0 bridgehead atoms. The third-order valence-electron chi connectivity index (χ3n) is 3.35. The third kappa shape index (κ3) is 4.04. The molecule has 5 nitrogen and oxygen atoms in total. The van der Waals surface area contributed by atoms with E-state index in [0.717, 1.165) is 11.8 Å². The fourth-order valence-corrected chi connectivity index (χ4v) is 4.08. The first kappa shape index (κ1) is 16.9. The Morgan fingerprint density at radius 2 is 2.05 bits per heavy atom. The zero-order valence-corrected chi connectivity index (χ0v) is 13.7. The first-order valence-electron chi connectivity index (χ1n) is 6.84. The molecule has 0 aromatic heterocycles. The quantitative estimate of drug-likeness (QED) is 0.886. The van der Waals surface area contributed by atoms with Crippen LogP contribution in [0.1, 0.15) is 17.3 Å². The van der Waals surface area contributed by atoms with Crippen LogP contribution in [0.4, 0.5) is 0 Å². The van der Waals surface area contributed by atoms with Crippen molar-refractivity contribution in [2.45, 2.75) is 13.0 Å². The summed E-state index contributed by atoms with van der Waals surface area (Å²) in [5.41, 5.74) is 0.604. The minimum atomic E-state index is -0.974. The summed E-state index contributed by atoms with van der Waals surface area (Å²) in [6.45, 7) is 1.73. The largest absolute Gasteiger partial charge is 0.480 e. The number of hydrogen-bond acceptors (Lipinski definition) is 5. The molecule has 1 aromatic rings. The average molecular weight is 339 g/mol. The minimum absolute atomic E-state index is 0.0779. The number of benzene rings is 1. The van der Waals surface area contributed by atoms with Crippen LogP contribution in [0.3, 0.4) is 0 Å². The van der Waals surface area contributed by atoms with Crippen molar-refractivity contribution in [2.24, 2.45) is 5.92 Å². The molecule has 1 aliphatic heterocycles. The van der Waals surface area contributed by atoms with E-state index in [1.807, 2.05) is 6.07 Å². The van der Waals surface area contributed by atoms with Gasteiger partial charge in [0.1, 0.15) is 6.04 Å². The molecule has 7 heteroatoms. The van der Waals surface area contributed by atoms with Gasteiger partial charge in [-0.2, -0.15) is 0 Å². The van der Waals surface area contributed by atoms with E-state index >= 15 is 0 Å². The minimum Gasteiger partial charge on any atom is -0.480 e. The van der Waals surface area contributed by atoms with Crippen LogP contribution >= 0.6 is 23.5 Å². The predicted octanol–water partition coefficient (Wildman–Crippen LogP) is 2.18. The summed E-state index contributed by atoms with van der Waals surface area (Å²) in [4.78, 5) is 36.9. The smallest absolute Gasteiger partial charge is 0.327 e. The lowest BCUT2D eigenvalue weighted by Gasteiger charge is -2.23. The van der Waals surface area contributed by atoms with E-state index in [2.05, 4.69) is 0 Å². The fraction of sp³-hybridized carbons (Fsp3) is 0.400. The summed E-state index contributed by atoms with van der Waals surface area (Å²) < 4.78 is 0. The summed E-state index contributed by atoms with van der Waals surface area (Å²) >= 11 is 2.53. The van der Waals surface area contributed by atoms with Gasteiger partial charge in [0.15, 0.2) is 0 Å². The van der Waals surface area contributed by atoms with E-state index in [1.165, 1.54) is 16.7 Å². The van der Waals surface area contributed by atoms with Gasteiger partial charge in [0.2, 0.25) is 11.0 Å². The standard InChI is InChI=1S/C15H17NO4S2/c1-10(7-22-15(20)11-5-3-2-4-6-11)13(17)16-9-21-8-12(16)14(18)19/h2-6,10,12H,7-9H2,1H3,(H,18,19)/t10-,12+/m1/s1. The van der Waals surface area contributed by atoms with Crippen molar-refractivity contribution in [2.75, 3.05) is 17.4 Å². The van der Waals surface area contributed by atoms with Crippen LogP contribution in [0.2, 0.25) is 0 Å². The zero-order valence-electron chi connectivity index (χ0n) is 12.1. The summed E-state index contributed by atoms with van der Waals surface area (Å²) in [5, 5.41) is 9.04. The van der Waals surface area contributed by atoms with Crippen molar-refractivity contribution in [3.05, 3.63) is 35.9 Å². The molecule has 0 spiro atoms. The lowest BCUT2D eigenvalue weighted by atomic mass is 10.1. The zero-order chi connectivity index (χ0) is 16.1. The van der Waals surface area contributed by atoms with Gasteiger partial charge in [0.25, 0.3) is 0 Å². The number of carboxylic acids is 1. The number of rotatable bonds is 5. The van der Waals surface area contributed by atoms with Crippen LogP contribution in [0, 0.1) is 5.92 Å². The van der Waals surface area contributed by atoms with Crippen molar-refractivity contribution < 1.29 is 19.5 Å². The van der Waals surface area contributed by atoms with Crippen LogP contribution in [-0.2, 0) is 9.59 Å². The third-order valence-corrected chi connectivity index (χ3v) is 5.52. The SMILES string of the molecule is C[C@H](CSC(=O)c1ccccc1)C(=O)N1CSC[C@H]1C(=O)O. The van der Waals surface area contributed by atoms with E-state index in [1.54, 1.807) is 31.2 Å². The summed E-state index contributed by atoms with van der Waals surface area (Å²) in [6.07, 6.45) is 0. The number of hydrogen-bond donors (Lipinski definition) is 1. The molecule has 0 aliphatic carbocycles. The van der Waals surface area contributed by atoms with Crippen molar-refractivity contribution in [3.8, 4) is 0 Å². The number of amides is 1. The topological polar surface area (TPSA) is 74.7 Å². The molecule has 1 N–H and O–H groups in total. The number of carboxylic acid groups (broad SMARTS) is 1. The molecule has 1 saturated heterocycles. The van der Waals surface area contributed by atoms with Gasteiger partial charge in [-0.1, -0.05) is 49.0 Å². The molecule has 118 valence electrons. The highest BCUT2D eigenvalue weighted by Crippen LogP contribution is 2.25.